The fraction of sp³-hybridized carbons (Fsp3) is 0.500. The summed E-state index contributed by atoms with van der Waals surface area (Å²) in [6.45, 7) is 2.14. The molecule has 0 spiro atoms. The number of piperidine rings is 1. The standard InChI is InChI=1S/C12H16N2O2S/c15-14(16)11-5-1-2-6-12(11)17-9-10-4-3-7-13-8-10/h1-2,5-6,10,13H,3-4,7-9H2. The quantitative estimate of drug-likeness (QED) is 0.508. The van der Waals surface area contributed by atoms with Gasteiger partial charge in [-0.1, -0.05) is 12.1 Å². The van der Waals surface area contributed by atoms with E-state index in [0.29, 0.717) is 5.92 Å². The maximum atomic E-state index is 10.9. The summed E-state index contributed by atoms with van der Waals surface area (Å²) in [5, 5.41) is 14.2. The van der Waals surface area contributed by atoms with E-state index in [1.165, 1.54) is 12.8 Å². The van der Waals surface area contributed by atoms with Gasteiger partial charge in [0.15, 0.2) is 0 Å². The Labute approximate surface area is 105 Å². The topological polar surface area (TPSA) is 55.2 Å². The van der Waals surface area contributed by atoms with Gasteiger partial charge in [0.25, 0.3) is 5.69 Å². The largest absolute Gasteiger partial charge is 0.316 e. The lowest BCUT2D eigenvalue weighted by atomic mass is 10.0. The molecule has 0 saturated carbocycles. The van der Waals surface area contributed by atoms with Gasteiger partial charge in [0.2, 0.25) is 0 Å². The van der Waals surface area contributed by atoms with Crippen molar-refractivity contribution < 1.29 is 4.92 Å². The number of hydrogen-bond donors (Lipinski definition) is 1. The zero-order chi connectivity index (χ0) is 12.1. The molecule has 2 rings (SSSR count). The highest BCUT2D eigenvalue weighted by Crippen LogP contribution is 2.31. The lowest BCUT2D eigenvalue weighted by Gasteiger charge is -2.22. The summed E-state index contributed by atoms with van der Waals surface area (Å²) >= 11 is 1.60. The molecule has 5 heteroatoms. The maximum Gasteiger partial charge on any atom is 0.282 e. The Hall–Kier alpha value is -1.07. The molecule has 1 aliphatic rings. The monoisotopic (exact) mass is 252 g/mol. The highest BCUT2D eigenvalue weighted by molar-refractivity contribution is 7.99. The normalized spacial score (nSPS) is 20.1. The summed E-state index contributed by atoms with van der Waals surface area (Å²) in [4.78, 5) is 11.3. The molecular weight excluding hydrogens is 236 g/mol. The third kappa shape index (κ3) is 3.44. The van der Waals surface area contributed by atoms with Gasteiger partial charge in [-0.05, 0) is 37.9 Å². The van der Waals surface area contributed by atoms with Crippen molar-refractivity contribution in [2.45, 2.75) is 17.7 Å². The first kappa shape index (κ1) is 12.4. The lowest BCUT2D eigenvalue weighted by molar-refractivity contribution is -0.387. The molecule has 1 unspecified atom stereocenters. The fourth-order valence-electron chi connectivity index (χ4n) is 2.00. The van der Waals surface area contributed by atoms with Crippen LogP contribution in [0.15, 0.2) is 29.2 Å². The van der Waals surface area contributed by atoms with E-state index in [1.807, 2.05) is 12.1 Å². The highest BCUT2D eigenvalue weighted by atomic mass is 32.2. The van der Waals surface area contributed by atoms with Crippen LogP contribution in [0.25, 0.3) is 0 Å². The molecule has 0 aliphatic carbocycles. The molecule has 0 bridgehead atoms. The molecule has 1 fully saturated rings. The van der Waals surface area contributed by atoms with Crippen molar-refractivity contribution in [3.8, 4) is 0 Å². The van der Waals surface area contributed by atoms with E-state index in [9.17, 15) is 10.1 Å². The highest BCUT2D eigenvalue weighted by Gasteiger charge is 2.17. The van der Waals surface area contributed by atoms with Crippen LogP contribution in [-0.2, 0) is 0 Å². The van der Waals surface area contributed by atoms with E-state index in [2.05, 4.69) is 5.32 Å². The molecule has 1 atom stereocenters. The number of benzene rings is 1. The Morgan fingerprint density at radius 3 is 3.00 bits per heavy atom. The van der Waals surface area contributed by atoms with Crippen molar-refractivity contribution in [1.29, 1.82) is 0 Å². The van der Waals surface area contributed by atoms with Gasteiger partial charge < -0.3 is 5.32 Å². The number of rotatable bonds is 4. The number of nitrogens with zero attached hydrogens (tertiary/aromatic N) is 1. The van der Waals surface area contributed by atoms with Crippen LogP contribution in [-0.4, -0.2) is 23.8 Å². The molecule has 0 radical (unpaired) electrons. The van der Waals surface area contributed by atoms with Gasteiger partial charge in [-0.15, -0.1) is 11.8 Å². The Morgan fingerprint density at radius 2 is 2.29 bits per heavy atom. The third-order valence-corrected chi connectivity index (χ3v) is 4.23. The van der Waals surface area contributed by atoms with E-state index in [4.69, 9.17) is 0 Å². The van der Waals surface area contributed by atoms with Crippen LogP contribution in [0, 0.1) is 16.0 Å². The van der Waals surface area contributed by atoms with Crippen molar-refractivity contribution in [2.75, 3.05) is 18.8 Å². The average Bonchev–Trinajstić information content (AvgIpc) is 2.38. The molecule has 1 N–H and O–H groups in total. The summed E-state index contributed by atoms with van der Waals surface area (Å²) < 4.78 is 0. The number of thioether (sulfide) groups is 1. The van der Waals surface area contributed by atoms with Crippen LogP contribution in [0.3, 0.4) is 0 Å². The number of nitro benzene ring substituents is 1. The van der Waals surface area contributed by atoms with Crippen molar-refractivity contribution in [1.82, 2.24) is 5.32 Å². The van der Waals surface area contributed by atoms with Crippen molar-refractivity contribution in [3.05, 3.63) is 34.4 Å². The first-order valence-corrected chi connectivity index (χ1v) is 6.83. The van der Waals surface area contributed by atoms with Gasteiger partial charge >= 0.3 is 0 Å². The lowest BCUT2D eigenvalue weighted by Crippen LogP contribution is -2.30. The molecule has 1 aromatic rings. The smallest absolute Gasteiger partial charge is 0.282 e. The molecule has 92 valence electrons. The van der Waals surface area contributed by atoms with Crippen LogP contribution in [0.2, 0.25) is 0 Å². The Balaban J connectivity index is 1.96. The molecule has 1 aromatic carbocycles. The van der Waals surface area contributed by atoms with Gasteiger partial charge in [-0.3, -0.25) is 10.1 Å². The zero-order valence-corrected chi connectivity index (χ0v) is 10.4. The second kappa shape index (κ2) is 6.02. The van der Waals surface area contributed by atoms with E-state index >= 15 is 0 Å². The summed E-state index contributed by atoms with van der Waals surface area (Å²) in [6.07, 6.45) is 2.43. The second-order valence-electron chi connectivity index (χ2n) is 4.25. The van der Waals surface area contributed by atoms with Crippen LogP contribution in [0.5, 0.6) is 0 Å². The average molecular weight is 252 g/mol. The number of nitrogens with one attached hydrogen (secondary N) is 1. The minimum absolute atomic E-state index is 0.223. The number of nitro groups is 1. The Kier molecular flexibility index (Phi) is 4.39. The first-order chi connectivity index (χ1) is 8.27. The summed E-state index contributed by atoms with van der Waals surface area (Å²) in [5.74, 6) is 1.59. The maximum absolute atomic E-state index is 10.9. The van der Waals surface area contributed by atoms with Crippen LogP contribution in [0.4, 0.5) is 5.69 Å². The van der Waals surface area contributed by atoms with Gasteiger partial charge in [0.1, 0.15) is 0 Å². The van der Waals surface area contributed by atoms with Crippen LogP contribution in [0.1, 0.15) is 12.8 Å². The molecule has 1 aliphatic heterocycles. The second-order valence-corrected chi connectivity index (χ2v) is 5.31. The molecule has 0 aromatic heterocycles. The predicted molar refractivity (Wildman–Crippen MR) is 69.4 cm³/mol. The van der Waals surface area contributed by atoms with E-state index in [-0.39, 0.29) is 10.6 Å². The van der Waals surface area contributed by atoms with Gasteiger partial charge in [0.05, 0.1) is 9.82 Å². The van der Waals surface area contributed by atoms with Gasteiger partial charge in [-0.2, -0.15) is 0 Å². The summed E-state index contributed by atoms with van der Waals surface area (Å²) in [7, 11) is 0. The van der Waals surface area contributed by atoms with E-state index in [0.717, 1.165) is 23.7 Å². The van der Waals surface area contributed by atoms with Crippen LogP contribution < -0.4 is 5.32 Å². The van der Waals surface area contributed by atoms with Crippen molar-refractivity contribution in [3.63, 3.8) is 0 Å². The Morgan fingerprint density at radius 1 is 1.47 bits per heavy atom. The van der Waals surface area contributed by atoms with E-state index in [1.54, 1.807) is 23.9 Å². The first-order valence-electron chi connectivity index (χ1n) is 5.84. The summed E-state index contributed by atoms with van der Waals surface area (Å²) in [6, 6.07) is 6.97. The van der Waals surface area contributed by atoms with E-state index < -0.39 is 0 Å². The van der Waals surface area contributed by atoms with Crippen molar-refractivity contribution >= 4 is 17.4 Å². The number of para-hydroxylation sites is 1. The van der Waals surface area contributed by atoms with Crippen LogP contribution >= 0.6 is 11.8 Å². The van der Waals surface area contributed by atoms with Gasteiger partial charge in [0, 0.05) is 11.8 Å². The van der Waals surface area contributed by atoms with Crippen molar-refractivity contribution in [2.24, 2.45) is 5.92 Å². The molecule has 0 amide bonds. The minimum Gasteiger partial charge on any atom is -0.316 e. The number of hydrogen-bond acceptors (Lipinski definition) is 4. The molecule has 17 heavy (non-hydrogen) atoms. The zero-order valence-electron chi connectivity index (χ0n) is 9.59. The molecule has 1 saturated heterocycles. The van der Waals surface area contributed by atoms with Gasteiger partial charge in [-0.25, -0.2) is 0 Å². The Bertz CT molecular complexity index is 392. The molecule has 4 nitrogen and oxygen atoms in total. The molecule has 1 heterocycles. The molecular formula is C12H16N2O2S. The third-order valence-electron chi connectivity index (χ3n) is 2.94. The summed E-state index contributed by atoms with van der Waals surface area (Å²) in [5.41, 5.74) is 0.223. The fourth-order valence-corrected chi connectivity index (χ4v) is 3.17. The predicted octanol–water partition coefficient (Wildman–Crippen LogP) is 2.69. The minimum atomic E-state index is -0.304. The SMILES string of the molecule is O=[N+]([O-])c1ccccc1SCC1CCCNC1.